The summed E-state index contributed by atoms with van der Waals surface area (Å²) < 4.78 is 1.61. The van der Waals surface area contributed by atoms with Crippen molar-refractivity contribution < 1.29 is 9.59 Å². The summed E-state index contributed by atoms with van der Waals surface area (Å²) in [7, 11) is 0. The van der Waals surface area contributed by atoms with Crippen LogP contribution in [0.4, 0.5) is 0 Å². The van der Waals surface area contributed by atoms with Gasteiger partial charge in [-0.3, -0.25) is 14.5 Å². The zero-order valence-electron chi connectivity index (χ0n) is 17.4. The van der Waals surface area contributed by atoms with Crippen LogP contribution in [-0.2, 0) is 4.79 Å². The molecule has 2 saturated heterocycles. The molecule has 1 aromatic heterocycles. The Bertz CT molecular complexity index is 900. The van der Waals surface area contributed by atoms with E-state index in [4.69, 9.17) is 11.6 Å². The zero-order chi connectivity index (χ0) is 21.1. The molecular formula is C22H28ClN5O2. The van der Waals surface area contributed by atoms with Gasteiger partial charge in [-0.2, -0.15) is 5.10 Å². The Morgan fingerprint density at radius 3 is 2.27 bits per heavy atom. The van der Waals surface area contributed by atoms with E-state index in [1.54, 1.807) is 4.68 Å². The normalized spacial score (nSPS) is 17.9. The summed E-state index contributed by atoms with van der Waals surface area (Å²) in [5, 5.41) is 4.82. The molecule has 0 saturated carbocycles. The van der Waals surface area contributed by atoms with Crippen molar-refractivity contribution in [1.82, 2.24) is 24.5 Å². The number of amides is 2. The van der Waals surface area contributed by atoms with Gasteiger partial charge in [0.15, 0.2) is 0 Å². The molecule has 0 radical (unpaired) electrons. The molecule has 160 valence electrons. The summed E-state index contributed by atoms with van der Waals surface area (Å²) in [6, 6.07) is 9.56. The van der Waals surface area contributed by atoms with Crippen LogP contribution < -0.4 is 0 Å². The number of likely N-dealkylation sites (tertiary alicyclic amines) is 1. The fourth-order valence-electron chi connectivity index (χ4n) is 4.18. The predicted molar refractivity (Wildman–Crippen MR) is 116 cm³/mol. The van der Waals surface area contributed by atoms with E-state index >= 15 is 0 Å². The fourth-order valence-corrected chi connectivity index (χ4v) is 4.54. The van der Waals surface area contributed by atoms with Gasteiger partial charge in [0.05, 0.1) is 23.5 Å². The van der Waals surface area contributed by atoms with Crippen LogP contribution in [0.2, 0.25) is 5.15 Å². The van der Waals surface area contributed by atoms with E-state index in [9.17, 15) is 9.59 Å². The highest BCUT2D eigenvalue weighted by molar-refractivity contribution is 6.33. The molecule has 2 amide bonds. The molecule has 2 aliphatic heterocycles. The van der Waals surface area contributed by atoms with Crippen LogP contribution in [0.25, 0.3) is 5.69 Å². The van der Waals surface area contributed by atoms with Gasteiger partial charge >= 0.3 is 0 Å². The van der Waals surface area contributed by atoms with E-state index < -0.39 is 0 Å². The molecule has 0 atom stereocenters. The second-order valence-corrected chi connectivity index (χ2v) is 8.37. The molecule has 0 aliphatic carbocycles. The van der Waals surface area contributed by atoms with Gasteiger partial charge in [0.1, 0.15) is 5.15 Å². The largest absolute Gasteiger partial charge is 0.342 e. The highest BCUT2D eigenvalue weighted by Crippen LogP contribution is 2.25. The number of piperazine rings is 1. The molecule has 0 N–H and O–H groups in total. The number of hydrogen-bond donors (Lipinski definition) is 0. The van der Waals surface area contributed by atoms with Gasteiger partial charge in [0.25, 0.3) is 5.91 Å². The molecule has 3 heterocycles. The van der Waals surface area contributed by atoms with Gasteiger partial charge in [-0.05, 0) is 38.3 Å². The molecule has 7 nitrogen and oxygen atoms in total. The predicted octanol–water partition coefficient (Wildman–Crippen LogP) is 2.60. The van der Waals surface area contributed by atoms with Crippen molar-refractivity contribution in [3.63, 3.8) is 0 Å². The van der Waals surface area contributed by atoms with E-state index in [0.717, 1.165) is 31.6 Å². The fraction of sp³-hybridized carbons (Fsp3) is 0.500. The quantitative estimate of drug-likeness (QED) is 0.749. The van der Waals surface area contributed by atoms with Gasteiger partial charge in [-0.1, -0.05) is 29.8 Å². The monoisotopic (exact) mass is 429 g/mol. The lowest BCUT2D eigenvalue weighted by atomic mass is 10.1. The number of para-hydroxylation sites is 1. The van der Waals surface area contributed by atoms with Crippen molar-refractivity contribution in [3.8, 4) is 5.69 Å². The van der Waals surface area contributed by atoms with Crippen LogP contribution in [-0.4, -0.2) is 82.1 Å². The lowest BCUT2D eigenvalue weighted by Gasteiger charge is -2.36. The second kappa shape index (κ2) is 9.18. The summed E-state index contributed by atoms with van der Waals surface area (Å²) in [6.45, 7) is 6.54. The Hall–Kier alpha value is -2.38. The molecule has 0 spiro atoms. The molecule has 4 rings (SSSR count). The van der Waals surface area contributed by atoms with E-state index in [0.29, 0.717) is 49.1 Å². The van der Waals surface area contributed by atoms with Gasteiger partial charge in [0.2, 0.25) is 5.91 Å². The van der Waals surface area contributed by atoms with Crippen molar-refractivity contribution in [1.29, 1.82) is 0 Å². The Morgan fingerprint density at radius 2 is 1.60 bits per heavy atom. The van der Waals surface area contributed by atoms with Gasteiger partial charge in [-0.15, -0.1) is 0 Å². The number of piperidine rings is 1. The number of halogens is 1. The van der Waals surface area contributed by atoms with Crippen LogP contribution in [0.5, 0.6) is 0 Å². The van der Waals surface area contributed by atoms with Crippen LogP contribution in [0.1, 0.15) is 35.3 Å². The first-order chi connectivity index (χ1) is 14.5. The van der Waals surface area contributed by atoms with Crippen LogP contribution in [0.15, 0.2) is 30.3 Å². The first-order valence-electron chi connectivity index (χ1n) is 10.6. The summed E-state index contributed by atoms with van der Waals surface area (Å²) in [5.41, 5.74) is 1.90. The van der Waals surface area contributed by atoms with Crippen LogP contribution in [0.3, 0.4) is 0 Å². The lowest BCUT2D eigenvalue weighted by Crippen LogP contribution is -2.52. The molecule has 2 aromatic rings. The Labute approximate surface area is 182 Å². The maximum Gasteiger partial charge on any atom is 0.258 e. The second-order valence-electron chi connectivity index (χ2n) is 8.01. The molecule has 0 bridgehead atoms. The van der Waals surface area contributed by atoms with Crippen LogP contribution in [0, 0.1) is 6.92 Å². The number of benzene rings is 1. The topological polar surface area (TPSA) is 61.7 Å². The first kappa shape index (κ1) is 20.9. The molecule has 1 aromatic carbocycles. The zero-order valence-corrected chi connectivity index (χ0v) is 18.1. The van der Waals surface area contributed by atoms with Crippen molar-refractivity contribution in [2.24, 2.45) is 0 Å². The SMILES string of the molecule is Cc1nn(-c2ccccc2)c(Cl)c1C(=O)N1CCN(CC(=O)N2CCCCC2)CC1. The summed E-state index contributed by atoms with van der Waals surface area (Å²) >= 11 is 6.55. The summed E-state index contributed by atoms with van der Waals surface area (Å²) in [5.74, 6) is 0.110. The number of aromatic nitrogens is 2. The summed E-state index contributed by atoms with van der Waals surface area (Å²) in [6.07, 6.45) is 3.42. The van der Waals surface area contributed by atoms with E-state index in [-0.39, 0.29) is 11.8 Å². The summed E-state index contributed by atoms with van der Waals surface area (Å²) in [4.78, 5) is 31.6. The van der Waals surface area contributed by atoms with Gasteiger partial charge < -0.3 is 9.80 Å². The number of hydrogen-bond acceptors (Lipinski definition) is 4. The number of carbonyl (C=O) groups is 2. The molecule has 2 aliphatic rings. The average molecular weight is 430 g/mol. The Morgan fingerprint density at radius 1 is 0.933 bits per heavy atom. The number of nitrogens with zero attached hydrogens (tertiary/aromatic N) is 5. The molecule has 2 fully saturated rings. The smallest absolute Gasteiger partial charge is 0.258 e. The maximum absolute atomic E-state index is 13.2. The van der Waals surface area contributed by atoms with E-state index in [2.05, 4.69) is 10.00 Å². The minimum Gasteiger partial charge on any atom is -0.342 e. The van der Waals surface area contributed by atoms with Crippen molar-refractivity contribution in [2.45, 2.75) is 26.2 Å². The van der Waals surface area contributed by atoms with Crippen molar-refractivity contribution >= 4 is 23.4 Å². The third-order valence-electron chi connectivity index (χ3n) is 5.95. The molecule has 0 unspecified atom stereocenters. The minimum absolute atomic E-state index is 0.0957. The van der Waals surface area contributed by atoms with Gasteiger partial charge in [0, 0.05) is 39.3 Å². The molecular weight excluding hydrogens is 402 g/mol. The third-order valence-corrected chi connectivity index (χ3v) is 6.29. The van der Waals surface area contributed by atoms with Crippen LogP contribution >= 0.6 is 11.6 Å². The third kappa shape index (κ3) is 4.37. The first-order valence-corrected chi connectivity index (χ1v) is 11.0. The van der Waals surface area contributed by atoms with Crippen molar-refractivity contribution in [3.05, 3.63) is 46.7 Å². The lowest BCUT2D eigenvalue weighted by molar-refractivity contribution is -0.133. The number of rotatable bonds is 4. The maximum atomic E-state index is 13.2. The Balaban J connectivity index is 1.38. The molecule has 30 heavy (non-hydrogen) atoms. The number of carbonyl (C=O) groups excluding carboxylic acids is 2. The van der Waals surface area contributed by atoms with E-state index in [1.165, 1.54) is 6.42 Å². The van der Waals surface area contributed by atoms with Crippen molar-refractivity contribution in [2.75, 3.05) is 45.8 Å². The standard InChI is InChI=1S/C22H28ClN5O2/c1-17-20(21(23)28(24-17)18-8-4-2-5-9-18)22(30)27-14-12-25(13-15-27)16-19(29)26-10-6-3-7-11-26/h2,4-5,8-9H,3,6-7,10-16H2,1H3. The Kier molecular flexibility index (Phi) is 6.39. The van der Waals surface area contributed by atoms with E-state index in [1.807, 2.05) is 47.1 Å². The molecule has 8 heteroatoms. The average Bonchev–Trinajstić information content (AvgIpc) is 3.09. The minimum atomic E-state index is -0.0957. The van der Waals surface area contributed by atoms with Gasteiger partial charge in [-0.25, -0.2) is 4.68 Å². The number of aryl methyl sites for hydroxylation is 1. The highest BCUT2D eigenvalue weighted by Gasteiger charge is 2.29. The highest BCUT2D eigenvalue weighted by atomic mass is 35.5.